The van der Waals surface area contributed by atoms with E-state index in [1.807, 2.05) is 48.5 Å². The lowest BCUT2D eigenvalue weighted by Gasteiger charge is -2.04. The summed E-state index contributed by atoms with van der Waals surface area (Å²) in [4.78, 5) is 0. The van der Waals surface area contributed by atoms with Crippen molar-refractivity contribution in [2.24, 2.45) is 0 Å². The van der Waals surface area contributed by atoms with Gasteiger partial charge in [-0.05, 0) is 35.4 Å². The fraction of sp³-hybridized carbons (Fsp3) is 0. The summed E-state index contributed by atoms with van der Waals surface area (Å²) in [6, 6.07) is 26.7. The average Bonchev–Trinajstić information content (AvgIpc) is 2.99. The van der Waals surface area contributed by atoms with Crippen molar-refractivity contribution in [1.29, 1.82) is 0 Å². The quantitative estimate of drug-likeness (QED) is 0.511. The molecule has 1 N–H and O–H groups in total. The van der Waals surface area contributed by atoms with Crippen LogP contribution in [0.2, 0.25) is 0 Å². The number of fused-ring (bicyclic) bond motifs is 1. The minimum absolute atomic E-state index is 0.889. The molecule has 2 heteroatoms. The topological polar surface area (TPSA) is 25.2 Å². The van der Waals surface area contributed by atoms with Gasteiger partial charge in [0.15, 0.2) is 0 Å². The van der Waals surface area contributed by atoms with Gasteiger partial charge in [0.25, 0.3) is 0 Å². The van der Waals surface area contributed by atoms with E-state index >= 15 is 0 Å². The molecule has 0 bridgehead atoms. The number of hydrogen-bond acceptors (Lipinski definition) is 2. The first-order valence-electron chi connectivity index (χ1n) is 7.29. The maximum atomic E-state index is 5.72. The van der Waals surface area contributed by atoms with Crippen LogP contribution in [0.1, 0.15) is 0 Å². The summed E-state index contributed by atoms with van der Waals surface area (Å²) in [7, 11) is 0. The van der Waals surface area contributed by atoms with Gasteiger partial charge in [-0.15, -0.1) is 0 Å². The second-order valence-corrected chi connectivity index (χ2v) is 5.22. The fourth-order valence-electron chi connectivity index (χ4n) is 2.61. The second-order valence-electron chi connectivity index (χ2n) is 5.22. The molecule has 3 aromatic carbocycles. The third kappa shape index (κ3) is 2.35. The highest BCUT2D eigenvalue weighted by Gasteiger charge is 2.07. The molecule has 0 aliphatic carbocycles. The molecule has 0 amide bonds. The van der Waals surface area contributed by atoms with Crippen molar-refractivity contribution in [3.63, 3.8) is 0 Å². The lowest BCUT2D eigenvalue weighted by Crippen LogP contribution is -1.87. The highest BCUT2D eigenvalue weighted by atomic mass is 16.3. The molecule has 0 atom stereocenters. The van der Waals surface area contributed by atoms with Gasteiger partial charge in [-0.2, -0.15) is 0 Å². The summed E-state index contributed by atoms with van der Waals surface area (Å²) in [5.74, 6) is 0. The summed E-state index contributed by atoms with van der Waals surface area (Å²) < 4.78 is 5.72. The SMILES string of the molecule is c1ccc(Nc2coc3cc(-c4ccccc4)ccc23)cc1. The lowest BCUT2D eigenvalue weighted by atomic mass is 10.0. The molecule has 2 nitrogen and oxygen atoms in total. The van der Waals surface area contributed by atoms with Crippen LogP contribution in [0.3, 0.4) is 0 Å². The van der Waals surface area contributed by atoms with E-state index in [-0.39, 0.29) is 0 Å². The van der Waals surface area contributed by atoms with Gasteiger partial charge in [0.1, 0.15) is 11.8 Å². The Bertz CT molecular complexity index is 895. The van der Waals surface area contributed by atoms with Crippen molar-refractivity contribution in [2.75, 3.05) is 5.32 Å². The third-order valence-electron chi connectivity index (χ3n) is 3.74. The van der Waals surface area contributed by atoms with Crippen molar-refractivity contribution >= 4 is 22.3 Å². The molecule has 0 radical (unpaired) electrons. The van der Waals surface area contributed by atoms with Gasteiger partial charge < -0.3 is 9.73 Å². The molecule has 0 spiro atoms. The molecule has 22 heavy (non-hydrogen) atoms. The smallest absolute Gasteiger partial charge is 0.136 e. The van der Waals surface area contributed by atoms with Crippen LogP contribution in [0.4, 0.5) is 11.4 Å². The molecule has 4 rings (SSSR count). The number of hydrogen-bond donors (Lipinski definition) is 1. The number of furan rings is 1. The molecule has 0 aliphatic rings. The van der Waals surface area contributed by atoms with E-state index in [0.717, 1.165) is 27.9 Å². The maximum Gasteiger partial charge on any atom is 0.136 e. The number of benzene rings is 3. The molecule has 1 heterocycles. The summed E-state index contributed by atoms with van der Waals surface area (Å²) >= 11 is 0. The van der Waals surface area contributed by atoms with Crippen LogP contribution in [0.25, 0.3) is 22.1 Å². The van der Waals surface area contributed by atoms with E-state index in [9.17, 15) is 0 Å². The third-order valence-corrected chi connectivity index (χ3v) is 3.74. The summed E-state index contributed by atoms with van der Waals surface area (Å²) in [6.07, 6.45) is 1.77. The Morgan fingerprint density at radius 3 is 2.18 bits per heavy atom. The van der Waals surface area contributed by atoms with Gasteiger partial charge >= 0.3 is 0 Å². The highest BCUT2D eigenvalue weighted by molar-refractivity contribution is 5.94. The standard InChI is InChI=1S/C20H15NO/c1-3-7-15(8-4-1)16-11-12-18-19(14-22-20(18)13-16)21-17-9-5-2-6-10-17/h1-14,21H. The van der Waals surface area contributed by atoms with Crippen molar-refractivity contribution in [3.8, 4) is 11.1 Å². The largest absolute Gasteiger partial charge is 0.462 e. The van der Waals surface area contributed by atoms with E-state index in [0.29, 0.717) is 0 Å². The van der Waals surface area contributed by atoms with E-state index in [4.69, 9.17) is 4.42 Å². The normalized spacial score (nSPS) is 10.7. The summed E-state index contributed by atoms with van der Waals surface area (Å²) in [5, 5.41) is 4.48. The highest BCUT2D eigenvalue weighted by Crippen LogP contribution is 2.31. The Morgan fingerprint density at radius 2 is 1.41 bits per heavy atom. The molecular formula is C20H15NO. The number of nitrogens with one attached hydrogen (secondary N) is 1. The molecule has 0 saturated carbocycles. The van der Waals surface area contributed by atoms with Crippen molar-refractivity contribution in [1.82, 2.24) is 0 Å². The Morgan fingerprint density at radius 1 is 0.682 bits per heavy atom. The van der Waals surface area contributed by atoms with Gasteiger partial charge in [-0.1, -0.05) is 54.6 Å². The molecule has 4 aromatic rings. The zero-order valence-electron chi connectivity index (χ0n) is 12.0. The number of rotatable bonds is 3. The minimum Gasteiger partial charge on any atom is -0.462 e. The van der Waals surface area contributed by atoms with Crippen LogP contribution in [-0.2, 0) is 0 Å². The van der Waals surface area contributed by atoms with Gasteiger partial charge in [0.2, 0.25) is 0 Å². The van der Waals surface area contributed by atoms with E-state index in [1.165, 1.54) is 5.56 Å². The zero-order chi connectivity index (χ0) is 14.8. The Balaban J connectivity index is 1.72. The first kappa shape index (κ1) is 12.7. The monoisotopic (exact) mass is 285 g/mol. The predicted molar refractivity (Wildman–Crippen MR) is 91.4 cm³/mol. The van der Waals surface area contributed by atoms with Gasteiger partial charge in [-0.3, -0.25) is 0 Å². The maximum absolute atomic E-state index is 5.72. The van der Waals surface area contributed by atoms with Gasteiger partial charge in [-0.25, -0.2) is 0 Å². The van der Waals surface area contributed by atoms with Crippen LogP contribution in [-0.4, -0.2) is 0 Å². The predicted octanol–water partition coefficient (Wildman–Crippen LogP) is 5.84. The van der Waals surface area contributed by atoms with Gasteiger partial charge in [0.05, 0.1) is 5.69 Å². The van der Waals surface area contributed by atoms with Crippen LogP contribution in [0.5, 0.6) is 0 Å². The van der Waals surface area contributed by atoms with E-state index < -0.39 is 0 Å². The average molecular weight is 285 g/mol. The lowest BCUT2D eigenvalue weighted by molar-refractivity contribution is 0.617. The molecule has 0 unspecified atom stereocenters. The first-order chi connectivity index (χ1) is 10.9. The van der Waals surface area contributed by atoms with Crippen LogP contribution in [0.15, 0.2) is 89.5 Å². The van der Waals surface area contributed by atoms with Gasteiger partial charge in [0, 0.05) is 11.1 Å². The molecule has 106 valence electrons. The van der Waals surface area contributed by atoms with Crippen molar-refractivity contribution < 1.29 is 4.42 Å². The summed E-state index contributed by atoms with van der Waals surface area (Å²) in [6.45, 7) is 0. The molecule has 0 fully saturated rings. The summed E-state index contributed by atoms with van der Waals surface area (Å²) in [5.41, 5.74) is 5.28. The number of anilines is 2. The van der Waals surface area contributed by atoms with Crippen LogP contribution >= 0.6 is 0 Å². The molecule has 0 aliphatic heterocycles. The zero-order valence-corrected chi connectivity index (χ0v) is 12.0. The number of para-hydroxylation sites is 1. The van der Waals surface area contributed by atoms with Crippen molar-refractivity contribution in [3.05, 3.63) is 85.1 Å². The Labute approximate surface area is 129 Å². The molecule has 1 aromatic heterocycles. The van der Waals surface area contributed by atoms with Crippen LogP contribution < -0.4 is 5.32 Å². The minimum atomic E-state index is 0.889. The fourth-order valence-corrected chi connectivity index (χ4v) is 2.61. The Hall–Kier alpha value is -3.00. The van der Waals surface area contributed by atoms with E-state index in [2.05, 4.69) is 35.6 Å². The Kier molecular flexibility index (Phi) is 3.13. The van der Waals surface area contributed by atoms with Crippen molar-refractivity contribution in [2.45, 2.75) is 0 Å². The first-order valence-corrected chi connectivity index (χ1v) is 7.29. The molecule has 0 saturated heterocycles. The second kappa shape index (κ2) is 5.41. The molecular weight excluding hydrogens is 270 g/mol. The van der Waals surface area contributed by atoms with Crippen LogP contribution in [0, 0.1) is 0 Å². The van der Waals surface area contributed by atoms with E-state index in [1.54, 1.807) is 6.26 Å².